The van der Waals surface area contributed by atoms with Gasteiger partial charge in [0.15, 0.2) is 0 Å². The van der Waals surface area contributed by atoms with Crippen molar-refractivity contribution in [2.45, 2.75) is 56.9 Å². The third-order valence-corrected chi connectivity index (χ3v) is 4.45. The van der Waals surface area contributed by atoms with E-state index in [1.165, 1.54) is 12.4 Å². The Morgan fingerprint density at radius 2 is 1.92 bits per heavy atom. The topological polar surface area (TPSA) is 109 Å². The van der Waals surface area contributed by atoms with Gasteiger partial charge in [-0.1, -0.05) is 0 Å². The highest BCUT2D eigenvalue weighted by Crippen LogP contribution is 2.41. The molecule has 1 N–H and O–H groups in total. The number of carbonyl (C=O) groups excluding carboxylic acids is 1. The molecule has 0 saturated carbocycles. The van der Waals surface area contributed by atoms with Gasteiger partial charge in [0.05, 0.1) is 30.9 Å². The number of morpholine rings is 1. The maximum absolute atomic E-state index is 12.6. The second kappa shape index (κ2) is 6.24. The van der Waals surface area contributed by atoms with E-state index < -0.39 is 11.2 Å². The molecule has 0 aromatic carbocycles. The van der Waals surface area contributed by atoms with Crippen molar-refractivity contribution in [3.05, 3.63) is 23.8 Å². The van der Waals surface area contributed by atoms with E-state index in [9.17, 15) is 9.90 Å². The van der Waals surface area contributed by atoms with Crippen LogP contribution in [0.25, 0.3) is 0 Å². The Hall–Kier alpha value is -2.24. The number of aromatic nitrogens is 2. The second-order valence-electron chi connectivity index (χ2n) is 7.58. The third kappa shape index (κ3) is 3.57. The summed E-state index contributed by atoms with van der Waals surface area (Å²) in [6.07, 6.45) is 3.18. The fourth-order valence-corrected chi connectivity index (χ4v) is 3.45. The van der Waals surface area contributed by atoms with Crippen LogP contribution in [0.2, 0.25) is 0 Å². The van der Waals surface area contributed by atoms with Gasteiger partial charge >= 0.3 is 6.09 Å². The number of amides is 1. The summed E-state index contributed by atoms with van der Waals surface area (Å²) >= 11 is 0. The van der Waals surface area contributed by atoms with Gasteiger partial charge in [0.1, 0.15) is 11.7 Å². The van der Waals surface area contributed by atoms with Crippen molar-refractivity contribution >= 4 is 6.09 Å². The standard InChI is InChI=1S/C17H22N4O4/c1-16(2,3)25-15(22)21-12-4-17(23,5-13(21)10-24-9-12)11-7-19-14(6-18)20-8-11/h7-8,12-13,23H,4-5,9-10H2,1-3H3. The first kappa shape index (κ1) is 17.6. The van der Waals surface area contributed by atoms with Gasteiger partial charge in [-0.15, -0.1) is 0 Å². The van der Waals surface area contributed by atoms with Gasteiger partial charge in [-0.25, -0.2) is 14.8 Å². The van der Waals surface area contributed by atoms with E-state index in [1.54, 1.807) is 4.90 Å². The van der Waals surface area contributed by atoms with Crippen LogP contribution in [0.5, 0.6) is 0 Å². The fraction of sp³-hybridized carbons (Fsp3) is 0.647. The Morgan fingerprint density at radius 1 is 1.36 bits per heavy atom. The van der Waals surface area contributed by atoms with Crippen LogP contribution >= 0.6 is 0 Å². The Kier molecular flexibility index (Phi) is 4.39. The van der Waals surface area contributed by atoms with Crippen LogP contribution in [0.15, 0.2) is 12.4 Å². The fourth-order valence-electron chi connectivity index (χ4n) is 3.45. The van der Waals surface area contributed by atoms with E-state index in [0.29, 0.717) is 31.6 Å². The Morgan fingerprint density at radius 3 is 2.40 bits per heavy atom. The van der Waals surface area contributed by atoms with Crippen molar-refractivity contribution in [1.29, 1.82) is 5.26 Å². The summed E-state index contributed by atoms with van der Waals surface area (Å²) in [5.74, 6) is 0.0575. The Bertz CT molecular complexity index is 678. The van der Waals surface area contributed by atoms with Gasteiger partial charge < -0.3 is 14.6 Å². The lowest BCUT2D eigenvalue weighted by molar-refractivity contribution is -0.141. The van der Waals surface area contributed by atoms with E-state index in [0.717, 1.165) is 0 Å². The van der Waals surface area contributed by atoms with Crippen LogP contribution in [0.1, 0.15) is 45.0 Å². The summed E-state index contributed by atoms with van der Waals surface area (Å²) < 4.78 is 11.1. The lowest BCUT2D eigenvalue weighted by atomic mass is 9.78. The number of aliphatic hydroxyl groups is 1. The molecule has 1 aromatic rings. The molecule has 1 amide bonds. The zero-order valence-corrected chi connectivity index (χ0v) is 14.6. The van der Waals surface area contributed by atoms with E-state index in [-0.39, 0.29) is 24.0 Å². The maximum atomic E-state index is 12.6. The first-order valence-electron chi connectivity index (χ1n) is 8.26. The molecule has 8 nitrogen and oxygen atoms in total. The molecular weight excluding hydrogens is 324 g/mol. The SMILES string of the molecule is CC(C)(C)OC(=O)N1C2COCC1CC(O)(c1cnc(C#N)nc1)C2. The molecule has 2 bridgehead atoms. The summed E-state index contributed by atoms with van der Waals surface area (Å²) in [4.78, 5) is 22.1. The minimum Gasteiger partial charge on any atom is -0.444 e. The number of piperidine rings is 1. The summed E-state index contributed by atoms with van der Waals surface area (Å²) in [7, 11) is 0. The number of hydrogen-bond donors (Lipinski definition) is 1. The van der Waals surface area contributed by atoms with Crippen LogP contribution in [0, 0.1) is 11.3 Å². The molecule has 2 atom stereocenters. The molecule has 0 radical (unpaired) electrons. The largest absolute Gasteiger partial charge is 0.444 e. The molecule has 25 heavy (non-hydrogen) atoms. The Labute approximate surface area is 146 Å². The van der Waals surface area contributed by atoms with Crippen molar-refractivity contribution in [2.75, 3.05) is 13.2 Å². The van der Waals surface area contributed by atoms with E-state index in [4.69, 9.17) is 14.7 Å². The summed E-state index contributed by atoms with van der Waals surface area (Å²) in [6, 6.07) is 1.28. The van der Waals surface area contributed by atoms with Gasteiger partial charge in [-0.3, -0.25) is 4.90 Å². The van der Waals surface area contributed by atoms with Crippen LogP contribution in [0.3, 0.4) is 0 Å². The summed E-state index contributed by atoms with van der Waals surface area (Å²) in [5.41, 5.74) is -1.20. The zero-order chi connectivity index (χ0) is 18.2. The molecule has 2 aliphatic rings. The predicted octanol–water partition coefficient (Wildman–Crippen LogP) is 1.33. The quantitative estimate of drug-likeness (QED) is 0.817. The highest BCUT2D eigenvalue weighted by atomic mass is 16.6. The molecule has 2 fully saturated rings. The van der Waals surface area contributed by atoms with Crippen LogP contribution < -0.4 is 0 Å². The highest BCUT2D eigenvalue weighted by Gasteiger charge is 2.50. The highest BCUT2D eigenvalue weighted by molar-refractivity contribution is 5.69. The lowest BCUT2D eigenvalue weighted by Crippen LogP contribution is -2.63. The summed E-state index contributed by atoms with van der Waals surface area (Å²) in [6.45, 7) is 6.16. The minimum absolute atomic E-state index is 0.0575. The Balaban J connectivity index is 1.83. The van der Waals surface area contributed by atoms with Crippen molar-refractivity contribution in [3.63, 3.8) is 0 Å². The number of nitrogens with zero attached hydrogens (tertiary/aromatic N) is 4. The smallest absolute Gasteiger partial charge is 0.410 e. The number of hydrogen-bond acceptors (Lipinski definition) is 7. The van der Waals surface area contributed by atoms with Crippen molar-refractivity contribution < 1.29 is 19.4 Å². The lowest BCUT2D eigenvalue weighted by Gasteiger charge is -2.51. The molecule has 0 aliphatic carbocycles. The zero-order valence-electron chi connectivity index (χ0n) is 14.6. The maximum Gasteiger partial charge on any atom is 0.410 e. The van der Waals surface area contributed by atoms with Crippen LogP contribution in [0.4, 0.5) is 4.79 Å². The monoisotopic (exact) mass is 346 g/mol. The number of nitriles is 1. The van der Waals surface area contributed by atoms with Crippen molar-refractivity contribution in [3.8, 4) is 6.07 Å². The van der Waals surface area contributed by atoms with E-state index >= 15 is 0 Å². The molecule has 3 rings (SSSR count). The number of ether oxygens (including phenoxy) is 2. The second-order valence-corrected chi connectivity index (χ2v) is 7.58. The first-order chi connectivity index (χ1) is 11.7. The molecule has 2 unspecified atom stereocenters. The average Bonchev–Trinajstić information content (AvgIpc) is 2.52. The van der Waals surface area contributed by atoms with E-state index in [2.05, 4.69) is 9.97 Å². The van der Waals surface area contributed by atoms with Gasteiger partial charge in [-0.05, 0) is 20.8 Å². The van der Waals surface area contributed by atoms with Crippen molar-refractivity contribution in [2.24, 2.45) is 0 Å². The average molecular weight is 346 g/mol. The normalized spacial score (nSPS) is 29.0. The molecule has 2 aliphatic heterocycles. The molecule has 0 spiro atoms. The number of carbonyl (C=O) groups is 1. The first-order valence-corrected chi connectivity index (χ1v) is 8.26. The number of rotatable bonds is 1. The van der Waals surface area contributed by atoms with Gasteiger partial charge in [0, 0.05) is 30.8 Å². The molecule has 2 saturated heterocycles. The van der Waals surface area contributed by atoms with Crippen LogP contribution in [-0.2, 0) is 15.1 Å². The van der Waals surface area contributed by atoms with E-state index in [1.807, 2.05) is 26.8 Å². The molecule has 8 heteroatoms. The third-order valence-electron chi connectivity index (χ3n) is 4.45. The van der Waals surface area contributed by atoms with Gasteiger partial charge in [-0.2, -0.15) is 5.26 Å². The van der Waals surface area contributed by atoms with Crippen LogP contribution in [-0.4, -0.2) is 57.0 Å². The van der Waals surface area contributed by atoms with Crippen molar-refractivity contribution in [1.82, 2.24) is 14.9 Å². The predicted molar refractivity (Wildman–Crippen MR) is 86.3 cm³/mol. The van der Waals surface area contributed by atoms with Gasteiger partial charge in [0.25, 0.3) is 0 Å². The molecule has 1 aromatic heterocycles. The summed E-state index contributed by atoms with van der Waals surface area (Å²) in [5, 5.41) is 20.0. The van der Waals surface area contributed by atoms with Gasteiger partial charge in [0.2, 0.25) is 5.82 Å². The molecular formula is C17H22N4O4. The molecule has 134 valence electrons. The number of fused-ring (bicyclic) bond motifs is 2. The minimum atomic E-state index is -1.16. The molecule has 3 heterocycles.